The van der Waals surface area contributed by atoms with Crippen LogP contribution in [0.3, 0.4) is 0 Å². The Morgan fingerprint density at radius 1 is 0.690 bits per heavy atom. The minimum Gasteiger partial charge on any atom is -0.306 e. The standard InChI is InChI=1S/C25H18N4/c1-17-27-21-8-5-9-23-25(21)28(17)22-11-10-19(18-12-14-26-15-13-18)16-24(22)29(23)20-6-3-2-4-7-20/h2-16H,1H3. The van der Waals surface area contributed by atoms with Crippen LogP contribution in [0.2, 0.25) is 0 Å². The first-order valence-electron chi connectivity index (χ1n) is 9.69. The summed E-state index contributed by atoms with van der Waals surface area (Å²) in [5.41, 5.74) is 9.06. The molecule has 6 rings (SSSR count). The molecule has 0 amide bonds. The number of rotatable bonds is 2. The summed E-state index contributed by atoms with van der Waals surface area (Å²) < 4.78 is 2.27. The summed E-state index contributed by atoms with van der Waals surface area (Å²) in [6, 6.07) is 27.6. The average Bonchev–Trinajstić information content (AvgIpc) is 3.12. The van der Waals surface area contributed by atoms with E-state index in [-0.39, 0.29) is 0 Å². The van der Waals surface area contributed by atoms with E-state index in [0.717, 1.165) is 45.2 Å². The highest BCUT2D eigenvalue weighted by Gasteiger charge is 2.28. The lowest BCUT2D eigenvalue weighted by atomic mass is 10.0. The molecule has 1 aliphatic heterocycles. The molecule has 0 fully saturated rings. The number of aryl methyl sites for hydroxylation is 1. The fraction of sp³-hybridized carbons (Fsp3) is 0.0400. The molecule has 3 aromatic carbocycles. The van der Waals surface area contributed by atoms with Crippen LogP contribution < -0.4 is 4.90 Å². The molecule has 0 bridgehead atoms. The molecule has 4 heteroatoms. The van der Waals surface area contributed by atoms with Crippen molar-refractivity contribution >= 4 is 28.1 Å². The monoisotopic (exact) mass is 374 g/mol. The van der Waals surface area contributed by atoms with Crippen LogP contribution in [0.1, 0.15) is 5.82 Å². The SMILES string of the molecule is Cc1nc2cccc3c2n1-c1ccc(-c2ccncc2)cc1N3c1ccccc1. The van der Waals surface area contributed by atoms with E-state index in [1.165, 1.54) is 5.56 Å². The smallest absolute Gasteiger partial charge is 0.111 e. The Labute approximate surface area is 168 Å². The van der Waals surface area contributed by atoms with Gasteiger partial charge in [0.1, 0.15) is 5.82 Å². The van der Waals surface area contributed by atoms with Crippen LogP contribution in [-0.2, 0) is 0 Å². The van der Waals surface area contributed by atoms with Crippen molar-refractivity contribution in [3.8, 4) is 16.8 Å². The Hall–Kier alpha value is -3.92. The van der Waals surface area contributed by atoms with Gasteiger partial charge in [0.2, 0.25) is 0 Å². The van der Waals surface area contributed by atoms with Crippen LogP contribution in [0.4, 0.5) is 17.1 Å². The first-order chi connectivity index (χ1) is 14.3. The molecule has 4 nitrogen and oxygen atoms in total. The summed E-state index contributed by atoms with van der Waals surface area (Å²) >= 11 is 0. The predicted molar refractivity (Wildman–Crippen MR) is 117 cm³/mol. The van der Waals surface area contributed by atoms with Gasteiger partial charge in [-0.3, -0.25) is 9.55 Å². The Balaban J connectivity index is 1.70. The zero-order valence-electron chi connectivity index (χ0n) is 15.9. The van der Waals surface area contributed by atoms with Crippen molar-refractivity contribution in [2.24, 2.45) is 0 Å². The number of fused-ring (bicyclic) bond motifs is 2. The van der Waals surface area contributed by atoms with E-state index in [0.29, 0.717) is 0 Å². The number of hydrogen-bond donors (Lipinski definition) is 0. The number of para-hydroxylation sites is 2. The van der Waals surface area contributed by atoms with Crippen molar-refractivity contribution in [3.05, 3.63) is 97.1 Å². The average molecular weight is 374 g/mol. The third-order valence-corrected chi connectivity index (χ3v) is 5.55. The van der Waals surface area contributed by atoms with Crippen LogP contribution >= 0.6 is 0 Å². The molecule has 1 aliphatic rings. The second kappa shape index (κ2) is 6.04. The first-order valence-corrected chi connectivity index (χ1v) is 9.69. The topological polar surface area (TPSA) is 34.0 Å². The summed E-state index contributed by atoms with van der Waals surface area (Å²) in [6.07, 6.45) is 3.67. The minimum absolute atomic E-state index is 0.998. The first kappa shape index (κ1) is 16.1. The number of nitrogens with zero attached hydrogens (tertiary/aromatic N) is 4. The third kappa shape index (κ3) is 2.32. The third-order valence-electron chi connectivity index (χ3n) is 5.55. The number of benzene rings is 3. The van der Waals surface area contributed by atoms with Gasteiger partial charge in [0.05, 0.1) is 28.1 Å². The fourth-order valence-corrected chi connectivity index (χ4v) is 4.30. The molecule has 0 aliphatic carbocycles. The molecule has 29 heavy (non-hydrogen) atoms. The van der Waals surface area contributed by atoms with Gasteiger partial charge < -0.3 is 4.90 Å². The molecular weight excluding hydrogens is 356 g/mol. The van der Waals surface area contributed by atoms with Crippen molar-refractivity contribution in [1.82, 2.24) is 14.5 Å². The number of aromatic nitrogens is 3. The summed E-state index contributed by atoms with van der Waals surface area (Å²) in [5.74, 6) is 0.998. The van der Waals surface area contributed by atoms with Crippen molar-refractivity contribution in [2.45, 2.75) is 6.92 Å². The molecule has 5 aromatic rings. The number of anilines is 3. The molecule has 0 saturated carbocycles. The number of imidazole rings is 1. The molecular formula is C25H18N4. The molecule has 0 spiro atoms. The maximum Gasteiger partial charge on any atom is 0.111 e. The van der Waals surface area contributed by atoms with E-state index in [4.69, 9.17) is 4.98 Å². The quantitative estimate of drug-likeness (QED) is 0.363. The van der Waals surface area contributed by atoms with E-state index in [9.17, 15) is 0 Å². The number of pyridine rings is 1. The summed E-state index contributed by atoms with van der Waals surface area (Å²) in [7, 11) is 0. The lowest BCUT2D eigenvalue weighted by Gasteiger charge is -2.33. The highest BCUT2D eigenvalue weighted by atomic mass is 15.2. The maximum atomic E-state index is 4.82. The van der Waals surface area contributed by atoms with Crippen molar-refractivity contribution in [3.63, 3.8) is 0 Å². The predicted octanol–water partition coefficient (Wildman–Crippen LogP) is 6.18. The van der Waals surface area contributed by atoms with Crippen molar-refractivity contribution in [2.75, 3.05) is 4.90 Å². The van der Waals surface area contributed by atoms with Crippen LogP contribution in [-0.4, -0.2) is 14.5 Å². The second-order valence-corrected chi connectivity index (χ2v) is 7.25. The Kier molecular flexibility index (Phi) is 3.35. The number of hydrogen-bond acceptors (Lipinski definition) is 3. The van der Waals surface area contributed by atoms with Crippen LogP contribution in [0.15, 0.2) is 91.3 Å². The van der Waals surface area contributed by atoms with Gasteiger partial charge in [0.25, 0.3) is 0 Å². The Morgan fingerprint density at radius 2 is 1.52 bits per heavy atom. The molecule has 0 saturated heterocycles. The molecule has 0 N–H and O–H groups in total. The molecule has 3 heterocycles. The van der Waals surface area contributed by atoms with E-state index >= 15 is 0 Å². The molecule has 0 atom stereocenters. The Morgan fingerprint density at radius 3 is 2.34 bits per heavy atom. The van der Waals surface area contributed by atoms with Gasteiger partial charge in [-0.2, -0.15) is 0 Å². The highest BCUT2D eigenvalue weighted by molar-refractivity contribution is 6.02. The molecule has 0 radical (unpaired) electrons. The highest BCUT2D eigenvalue weighted by Crippen LogP contribution is 2.47. The van der Waals surface area contributed by atoms with E-state index in [2.05, 4.69) is 88.1 Å². The van der Waals surface area contributed by atoms with Crippen molar-refractivity contribution in [1.29, 1.82) is 0 Å². The van der Waals surface area contributed by atoms with Gasteiger partial charge in [0.15, 0.2) is 0 Å². The summed E-state index contributed by atoms with van der Waals surface area (Å²) in [6.45, 7) is 2.07. The summed E-state index contributed by atoms with van der Waals surface area (Å²) in [4.78, 5) is 11.3. The van der Waals surface area contributed by atoms with Gasteiger partial charge >= 0.3 is 0 Å². The van der Waals surface area contributed by atoms with Crippen LogP contribution in [0, 0.1) is 6.92 Å². The van der Waals surface area contributed by atoms with Crippen molar-refractivity contribution < 1.29 is 0 Å². The molecule has 0 unspecified atom stereocenters. The van der Waals surface area contributed by atoms with Crippen LogP contribution in [0.5, 0.6) is 0 Å². The van der Waals surface area contributed by atoms with E-state index in [1.54, 1.807) is 0 Å². The zero-order chi connectivity index (χ0) is 19.4. The minimum atomic E-state index is 0.998. The molecule has 2 aromatic heterocycles. The largest absolute Gasteiger partial charge is 0.306 e. The fourth-order valence-electron chi connectivity index (χ4n) is 4.30. The van der Waals surface area contributed by atoms with E-state index < -0.39 is 0 Å². The van der Waals surface area contributed by atoms with Gasteiger partial charge in [-0.15, -0.1) is 0 Å². The van der Waals surface area contributed by atoms with Crippen LogP contribution in [0.25, 0.3) is 27.8 Å². The Bertz CT molecular complexity index is 1350. The maximum absolute atomic E-state index is 4.82. The van der Waals surface area contributed by atoms with Gasteiger partial charge in [-0.25, -0.2) is 4.98 Å². The van der Waals surface area contributed by atoms with E-state index in [1.807, 2.05) is 24.5 Å². The normalized spacial score (nSPS) is 12.2. The van der Waals surface area contributed by atoms with Gasteiger partial charge in [-0.05, 0) is 66.6 Å². The lowest BCUT2D eigenvalue weighted by molar-refractivity contribution is 0.982. The lowest BCUT2D eigenvalue weighted by Crippen LogP contribution is -2.18. The van der Waals surface area contributed by atoms with Gasteiger partial charge in [0, 0.05) is 18.1 Å². The van der Waals surface area contributed by atoms with Gasteiger partial charge in [-0.1, -0.05) is 30.3 Å². The second-order valence-electron chi connectivity index (χ2n) is 7.25. The summed E-state index contributed by atoms with van der Waals surface area (Å²) in [5, 5.41) is 0. The zero-order valence-corrected chi connectivity index (χ0v) is 15.9. The molecule has 138 valence electrons.